The van der Waals surface area contributed by atoms with E-state index in [2.05, 4.69) is 26.3 Å². The van der Waals surface area contributed by atoms with Crippen LogP contribution in [0, 0.1) is 17.2 Å². The third-order valence-corrected chi connectivity index (χ3v) is 7.35. The molecule has 1 atom stereocenters. The maximum absolute atomic E-state index is 13.7. The van der Waals surface area contributed by atoms with E-state index in [-0.39, 0.29) is 35.8 Å². The fourth-order valence-corrected chi connectivity index (χ4v) is 4.97. The SMILES string of the molecule is CS(=O)(=O)N1CCC(Nc2ncc(C(F)(F)F)c(-c3cn(C(CC#N)C4CC4)cn3)n2)CC1. The molecule has 3 heterocycles. The van der Waals surface area contributed by atoms with Crippen LogP contribution < -0.4 is 5.32 Å². The number of hydrogen-bond donors (Lipinski definition) is 1. The Kier molecular flexibility index (Phi) is 6.32. The Labute approximate surface area is 189 Å². The van der Waals surface area contributed by atoms with Crippen LogP contribution >= 0.6 is 0 Å². The fraction of sp³-hybridized carbons (Fsp3) is 0.600. The highest BCUT2D eigenvalue weighted by molar-refractivity contribution is 7.88. The third-order valence-electron chi connectivity index (χ3n) is 6.04. The Morgan fingerprint density at radius 1 is 1.24 bits per heavy atom. The molecule has 1 aliphatic heterocycles. The molecule has 2 aromatic rings. The molecule has 1 N–H and O–H groups in total. The summed E-state index contributed by atoms with van der Waals surface area (Å²) in [5.41, 5.74) is -1.27. The van der Waals surface area contributed by atoms with Gasteiger partial charge in [0.1, 0.15) is 17.0 Å². The normalized spacial score (nSPS) is 19.2. The van der Waals surface area contributed by atoms with Crippen LogP contribution in [0.15, 0.2) is 18.7 Å². The van der Waals surface area contributed by atoms with Crippen LogP contribution in [-0.4, -0.2) is 57.6 Å². The van der Waals surface area contributed by atoms with Gasteiger partial charge in [-0.15, -0.1) is 0 Å². The molecular weight excluding hydrogens is 459 g/mol. The number of alkyl halides is 3. The van der Waals surface area contributed by atoms with Crippen molar-refractivity contribution in [2.24, 2.45) is 5.92 Å². The van der Waals surface area contributed by atoms with Crippen molar-refractivity contribution in [3.63, 3.8) is 0 Å². The molecule has 1 saturated carbocycles. The second-order valence-electron chi connectivity index (χ2n) is 8.51. The van der Waals surface area contributed by atoms with E-state index in [1.54, 1.807) is 4.57 Å². The Balaban J connectivity index is 1.57. The quantitative estimate of drug-likeness (QED) is 0.643. The highest BCUT2D eigenvalue weighted by Gasteiger charge is 2.37. The number of rotatable bonds is 7. The van der Waals surface area contributed by atoms with E-state index in [9.17, 15) is 21.6 Å². The molecule has 33 heavy (non-hydrogen) atoms. The maximum Gasteiger partial charge on any atom is 0.420 e. The molecule has 178 valence electrons. The van der Waals surface area contributed by atoms with Gasteiger partial charge in [0.25, 0.3) is 0 Å². The lowest BCUT2D eigenvalue weighted by Gasteiger charge is -2.30. The van der Waals surface area contributed by atoms with E-state index < -0.39 is 21.8 Å². The van der Waals surface area contributed by atoms with Gasteiger partial charge in [-0.25, -0.2) is 27.7 Å². The number of hydrogen-bond acceptors (Lipinski definition) is 7. The predicted molar refractivity (Wildman–Crippen MR) is 113 cm³/mol. The van der Waals surface area contributed by atoms with E-state index in [1.807, 2.05) is 0 Å². The van der Waals surface area contributed by atoms with Gasteiger partial charge in [-0.05, 0) is 31.6 Å². The molecule has 0 aromatic carbocycles. The number of nitriles is 1. The van der Waals surface area contributed by atoms with Gasteiger partial charge < -0.3 is 9.88 Å². The van der Waals surface area contributed by atoms with Crippen molar-refractivity contribution in [2.45, 2.75) is 50.4 Å². The summed E-state index contributed by atoms with van der Waals surface area (Å²) in [4.78, 5) is 12.1. The van der Waals surface area contributed by atoms with Gasteiger partial charge in [0.05, 0.1) is 31.1 Å². The molecule has 13 heteroatoms. The molecule has 0 radical (unpaired) electrons. The van der Waals surface area contributed by atoms with Gasteiger partial charge in [0.15, 0.2) is 0 Å². The highest BCUT2D eigenvalue weighted by Crippen LogP contribution is 2.42. The Bertz CT molecular complexity index is 1150. The fourth-order valence-electron chi connectivity index (χ4n) is 4.10. The Hall–Kier alpha value is -2.72. The number of nitrogens with one attached hydrogen (secondary N) is 1. The summed E-state index contributed by atoms with van der Waals surface area (Å²) in [5.74, 6) is 0.357. The minimum absolute atomic E-state index is 0.0288. The first-order chi connectivity index (χ1) is 15.6. The summed E-state index contributed by atoms with van der Waals surface area (Å²) in [7, 11) is -3.28. The van der Waals surface area contributed by atoms with E-state index in [1.165, 1.54) is 16.8 Å². The first-order valence-electron chi connectivity index (χ1n) is 10.6. The lowest BCUT2D eigenvalue weighted by molar-refractivity contribution is -0.137. The van der Waals surface area contributed by atoms with Crippen molar-refractivity contribution in [3.05, 3.63) is 24.3 Å². The van der Waals surface area contributed by atoms with Crippen molar-refractivity contribution in [3.8, 4) is 17.5 Å². The monoisotopic (exact) mass is 483 g/mol. The van der Waals surface area contributed by atoms with Crippen molar-refractivity contribution < 1.29 is 21.6 Å². The second-order valence-corrected chi connectivity index (χ2v) is 10.5. The van der Waals surface area contributed by atoms with Gasteiger partial charge in [-0.1, -0.05) is 0 Å². The molecule has 0 amide bonds. The zero-order valence-corrected chi connectivity index (χ0v) is 18.8. The van der Waals surface area contributed by atoms with Crippen molar-refractivity contribution in [1.29, 1.82) is 5.26 Å². The molecule has 1 unspecified atom stereocenters. The van der Waals surface area contributed by atoms with Crippen LogP contribution in [0.2, 0.25) is 0 Å². The summed E-state index contributed by atoms with van der Waals surface area (Å²) in [6.07, 6.45) is 3.37. The Morgan fingerprint density at radius 3 is 2.52 bits per heavy atom. The van der Waals surface area contributed by atoms with E-state index in [4.69, 9.17) is 5.26 Å². The number of anilines is 1. The molecule has 1 saturated heterocycles. The first kappa shape index (κ1) is 23.4. The second kappa shape index (κ2) is 8.90. The summed E-state index contributed by atoms with van der Waals surface area (Å²) in [5, 5.41) is 12.1. The number of nitrogens with zero attached hydrogens (tertiary/aromatic N) is 6. The molecule has 4 rings (SSSR count). The van der Waals surface area contributed by atoms with Gasteiger partial charge in [0.2, 0.25) is 16.0 Å². The number of imidazole rings is 1. The van der Waals surface area contributed by atoms with Crippen molar-refractivity contribution in [1.82, 2.24) is 23.8 Å². The average Bonchev–Trinajstić information content (AvgIpc) is 3.47. The standard InChI is InChI=1S/C20H24F3N7O2S/c1-33(31,32)30-8-5-14(6-9-30)27-19-25-10-15(20(21,22)23)18(28-19)16-11-29(12-26-16)17(4-7-24)13-2-3-13/h10-14,17H,2-6,8-9H2,1H3,(H,25,27,28). The number of sulfonamides is 1. The molecule has 0 bridgehead atoms. The summed E-state index contributed by atoms with van der Waals surface area (Å²) in [6.45, 7) is 0.631. The first-order valence-corrected chi connectivity index (χ1v) is 12.5. The summed E-state index contributed by atoms with van der Waals surface area (Å²) < 4.78 is 67.4. The number of halogens is 3. The third kappa shape index (κ3) is 5.44. The molecule has 2 aliphatic rings. The van der Waals surface area contributed by atoms with Crippen LogP contribution in [0.4, 0.5) is 19.1 Å². The molecule has 2 aromatic heterocycles. The molecule has 9 nitrogen and oxygen atoms in total. The minimum Gasteiger partial charge on any atom is -0.351 e. The molecule has 2 fully saturated rings. The Morgan fingerprint density at radius 2 is 1.94 bits per heavy atom. The van der Waals surface area contributed by atoms with E-state index >= 15 is 0 Å². The van der Waals surface area contributed by atoms with Crippen LogP contribution in [0.3, 0.4) is 0 Å². The number of aromatic nitrogens is 4. The van der Waals surface area contributed by atoms with Crippen molar-refractivity contribution in [2.75, 3.05) is 24.7 Å². The summed E-state index contributed by atoms with van der Waals surface area (Å²) >= 11 is 0. The zero-order valence-electron chi connectivity index (χ0n) is 18.0. The van der Waals surface area contributed by atoms with E-state index in [0.29, 0.717) is 31.8 Å². The van der Waals surface area contributed by atoms with E-state index in [0.717, 1.165) is 25.3 Å². The smallest absolute Gasteiger partial charge is 0.351 e. The van der Waals surface area contributed by atoms with Crippen LogP contribution in [-0.2, 0) is 16.2 Å². The van der Waals surface area contributed by atoms with Crippen LogP contribution in [0.5, 0.6) is 0 Å². The lowest BCUT2D eigenvalue weighted by Crippen LogP contribution is -2.42. The van der Waals surface area contributed by atoms with Crippen LogP contribution in [0.1, 0.15) is 43.7 Å². The zero-order chi connectivity index (χ0) is 23.8. The highest BCUT2D eigenvalue weighted by atomic mass is 32.2. The molecular formula is C20H24F3N7O2S. The number of piperidine rings is 1. The van der Waals surface area contributed by atoms with Crippen LogP contribution in [0.25, 0.3) is 11.4 Å². The van der Waals surface area contributed by atoms with Gasteiger partial charge in [-0.3, -0.25) is 0 Å². The predicted octanol–water partition coefficient (Wildman–Crippen LogP) is 3.06. The molecule has 0 spiro atoms. The lowest BCUT2D eigenvalue weighted by atomic mass is 10.1. The van der Waals surface area contributed by atoms with Gasteiger partial charge in [0, 0.05) is 31.5 Å². The summed E-state index contributed by atoms with van der Waals surface area (Å²) in [6, 6.07) is 1.85. The van der Waals surface area contributed by atoms with Gasteiger partial charge >= 0.3 is 6.18 Å². The maximum atomic E-state index is 13.7. The average molecular weight is 484 g/mol. The minimum atomic E-state index is -4.67. The van der Waals surface area contributed by atoms with Crippen molar-refractivity contribution >= 4 is 16.0 Å². The molecule has 1 aliphatic carbocycles. The largest absolute Gasteiger partial charge is 0.420 e. The van der Waals surface area contributed by atoms with Gasteiger partial charge in [-0.2, -0.15) is 18.4 Å². The topological polar surface area (TPSA) is 117 Å².